The fraction of sp³-hybridized carbons (Fsp3) is 0.250. The molecule has 0 fully saturated rings. The Labute approximate surface area is 141 Å². The standard InChI is InChI=1S/C16H17Br2NO2/c1-3-13(12-8-10(17)4-6-15(12)20)19-14-9-11(18)5-7-16(14)21-2/h4-9,13,19-20H,3H2,1-2H3. The zero-order chi connectivity index (χ0) is 15.4. The molecular formula is C16H17Br2NO2. The van der Waals surface area contributed by atoms with Gasteiger partial charge in [0.05, 0.1) is 18.8 Å². The van der Waals surface area contributed by atoms with Gasteiger partial charge in [-0.1, -0.05) is 38.8 Å². The first-order valence-corrected chi connectivity index (χ1v) is 8.22. The van der Waals surface area contributed by atoms with Crippen LogP contribution in [0.2, 0.25) is 0 Å². The molecule has 3 nitrogen and oxygen atoms in total. The van der Waals surface area contributed by atoms with Gasteiger partial charge in [-0.3, -0.25) is 0 Å². The highest BCUT2D eigenvalue weighted by atomic mass is 79.9. The third-order valence-electron chi connectivity index (χ3n) is 3.26. The lowest BCUT2D eigenvalue weighted by Gasteiger charge is -2.21. The summed E-state index contributed by atoms with van der Waals surface area (Å²) in [7, 11) is 1.64. The molecule has 2 aromatic rings. The quantitative estimate of drug-likeness (QED) is 0.679. The summed E-state index contributed by atoms with van der Waals surface area (Å²) >= 11 is 6.92. The minimum absolute atomic E-state index is 0.00861. The fourth-order valence-electron chi connectivity index (χ4n) is 2.18. The third-order valence-corrected chi connectivity index (χ3v) is 4.25. The third kappa shape index (κ3) is 3.92. The van der Waals surface area contributed by atoms with Gasteiger partial charge in [-0.05, 0) is 42.8 Å². The summed E-state index contributed by atoms with van der Waals surface area (Å²) in [5, 5.41) is 13.5. The van der Waals surface area contributed by atoms with Gasteiger partial charge in [0.2, 0.25) is 0 Å². The van der Waals surface area contributed by atoms with Crippen molar-refractivity contribution in [2.75, 3.05) is 12.4 Å². The van der Waals surface area contributed by atoms with E-state index in [-0.39, 0.29) is 11.8 Å². The van der Waals surface area contributed by atoms with E-state index in [4.69, 9.17) is 4.74 Å². The number of nitrogens with one attached hydrogen (secondary N) is 1. The van der Waals surface area contributed by atoms with Gasteiger partial charge in [0, 0.05) is 14.5 Å². The molecule has 1 atom stereocenters. The molecule has 0 amide bonds. The van der Waals surface area contributed by atoms with Crippen LogP contribution in [0, 0.1) is 0 Å². The smallest absolute Gasteiger partial charge is 0.142 e. The van der Waals surface area contributed by atoms with Crippen molar-refractivity contribution in [1.29, 1.82) is 0 Å². The number of phenolic OH excluding ortho intramolecular Hbond substituents is 1. The van der Waals surface area contributed by atoms with Crippen LogP contribution in [0.25, 0.3) is 0 Å². The highest BCUT2D eigenvalue weighted by Crippen LogP contribution is 2.35. The van der Waals surface area contributed by atoms with Gasteiger partial charge in [-0.25, -0.2) is 0 Å². The molecule has 112 valence electrons. The molecule has 21 heavy (non-hydrogen) atoms. The van der Waals surface area contributed by atoms with E-state index in [0.29, 0.717) is 0 Å². The Hall–Kier alpha value is -1.20. The zero-order valence-corrected chi connectivity index (χ0v) is 15.0. The number of halogens is 2. The van der Waals surface area contributed by atoms with E-state index in [2.05, 4.69) is 44.1 Å². The van der Waals surface area contributed by atoms with Gasteiger partial charge in [0.25, 0.3) is 0 Å². The first-order valence-electron chi connectivity index (χ1n) is 6.63. The van der Waals surface area contributed by atoms with Crippen LogP contribution < -0.4 is 10.1 Å². The average molecular weight is 415 g/mol. The molecular weight excluding hydrogens is 398 g/mol. The normalized spacial score (nSPS) is 12.0. The molecule has 0 spiro atoms. The summed E-state index contributed by atoms with van der Waals surface area (Å²) < 4.78 is 7.29. The van der Waals surface area contributed by atoms with Crippen molar-refractivity contribution in [2.24, 2.45) is 0 Å². The Balaban J connectivity index is 2.35. The minimum Gasteiger partial charge on any atom is -0.508 e. The molecule has 2 aromatic carbocycles. The molecule has 0 aliphatic heterocycles. The molecule has 2 N–H and O–H groups in total. The molecule has 0 saturated heterocycles. The Morgan fingerprint density at radius 3 is 2.48 bits per heavy atom. The van der Waals surface area contributed by atoms with Gasteiger partial charge >= 0.3 is 0 Å². The summed E-state index contributed by atoms with van der Waals surface area (Å²) in [4.78, 5) is 0. The molecule has 5 heteroatoms. The number of rotatable bonds is 5. The molecule has 0 saturated carbocycles. The molecule has 0 aliphatic rings. The number of hydrogen-bond donors (Lipinski definition) is 2. The maximum absolute atomic E-state index is 10.1. The van der Waals surface area contributed by atoms with Gasteiger partial charge in [0.15, 0.2) is 0 Å². The van der Waals surface area contributed by atoms with Crippen LogP contribution in [0.5, 0.6) is 11.5 Å². The Morgan fingerprint density at radius 1 is 1.14 bits per heavy atom. The second-order valence-electron chi connectivity index (χ2n) is 4.65. The van der Waals surface area contributed by atoms with Crippen molar-refractivity contribution in [2.45, 2.75) is 19.4 Å². The highest BCUT2D eigenvalue weighted by Gasteiger charge is 2.16. The maximum Gasteiger partial charge on any atom is 0.142 e. The fourth-order valence-corrected chi connectivity index (χ4v) is 2.92. The van der Waals surface area contributed by atoms with Crippen molar-refractivity contribution in [3.05, 3.63) is 50.9 Å². The lowest BCUT2D eigenvalue weighted by molar-refractivity contribution is 0.415. The number of hydrogen-bond acceptors (Lipinski definition) is 3. The molecule has 0 bridgehead atoms. The first kappa shape index (κ1) is 16.2. The van der Waals surface area contributed by atoms with E-state index in [0.717, 1.165) is 32.4 Å². The van der Waals surface area contributed by atoms with E-state index in [9.17, 15) is 5.11 Å². The lowest BCUT2D eigenvalue weighted by atomic mass is 10.0. The Kier molecular flexibility index (Phi) is 5.53. The van der Waals surface area contributed by atoms with Gasteiger partial charge < -0.3 is 15.2 Å². The molecule has 0 radical (unpaired) electrons. The zero-order valence-electron chi connectivity index (χ0n) is 11.9. The van der Waals surface area contributed by atoms with Crippen LogP contribution in [0.1, 0.15) is 24.9 Å². The highest BCUT2D eigenvalue weighted by molar-refractivity contribution is 9.10. The second-order valence-corrected chi connectivity index (χ2v) is 6.48. The largest absolute Gasteiger partial charge is 0.508 e. The first-order chi connectivity index (χ1) is 10.0. The van der Waals surface area contributed by atoms with Crippen molar-refractivity contribution < 1.29 is 9.84 Å². The van der Waals surface area contributed by atoms with Gasteiger partial charge in [0.1, 0.15) is 11.5 Å². The van der Waals surface area contributed by atoms with Crippen LogP contribution in [0.15, 0.2) is 45.3 Å². The minimum atomic E-state index is -0.00861. The van der Waals surface area contributed by atoms with Crippen molar-refractivity contribution in [1.82, 2.24) is 0 Å². The van der Waals surface area contributed by atoms with Crippen LogP contribution in [0.3, 0.4) is 0 Å². The number of methoxy groups -OCH3 is 1. The summed E-state index contributed by atoms with van der Waals surface area (Å²) in [6.45, 7) is 2.07. The van der Waals surface area contributed by atoms with Crippen molar-refractivity contribution in [3.8, 4) is 11.5 Å². The lowest BCUT2D eigenvalue weighted by Crippen LogP contribution is -2.11. The van der Waals surface area contributed by atoms with Crippen LogP contribution in [-0.2, 0) is 0 Å². The Morgan fingerprint density at radius 2 is 1.81 bits per heavy atom. The van der Waals surface area contributed by atoms with E-state index < -0.39 is 0 Å². The van der Waals surface area contributed by atoms with Crippen LogP contribution in [0.4, 0.5) is 5.69 Å². The van der Waals surface area contributed by atoms with E-state index in [1.165, 1.54) is 0 Å². The summed E-state index contributed by atoms with van der Waals surface area (Å²) in [5.41, 5.74) is 1.74. The predicted octanol–water partition coefficient (Wildman–Crippen LogP) is 5.49. The van der Waals surface area contributed by atoms with Crippen LogP contribution in [-0.4, -0.2) is 12.2 Å². The monoisotopic (exact) mass is 413 g/mol. The predicted molar refractivity (Wildman–Crippen MR) is 93.2 cm³/mol. The van der Waals surface area contributed by atoms with Crippen molar-refractivity contribution in [3.63, 3.8) is 0 Å². The molecule has 2 rings (SSSR count). The average Bonchev–Trinajstić information content (AvgIpc) is 2.47. The Bertz CT molecular complexity index is 632. The topological polar surface area (TPSA) is 41.5 Å². The number of phenols is 1. The van der Waals surface area contributed by atoms with Crippen LogP contribution >= 0.6 is 31.9 Å². The van der Waals surface area contributed by atoms with E-state index in [1.54, 1.807) is 13.2 Å². The van der Waals surface area contributed by atoms with Gasteiger partial charge in [-0.15, -0.1) is 0 Å². The summed E-state index contributed by atoms with van der Waals surface area (Å²) in [6, 6.07) is 11.2. The molecule has 1 unspecified atom stereocenters. The molecule has 0 heterocycles. The summed E-state index contributed by atoms with van der Waals surface area (Å²) in [6.07, 6.45) is 0.833. The summed E-state index contributed by atoms with van der Waals surface area (Å²) in [5.74, 6) is 1.05. The SMILES string of the molecule is CCC(Nc1cc(Br)ccc1OC)c1cc(Br)ccc1O. The number of ether oxygens (including phenoxy) is 1. The number of anilines is 1. The van der Waals surface area contributed by atoms with E-state index in [1.807, 2.05) is 30.3 Å². The second kappa shape index (κ2) is 7.18. The molecule has 0 aromatic heterocycles. The maximum atomic E-state index is 10.1. The van der Waals surface area contributed by atoms with Crippen molar-refractivity contribution >= 4 is 37.5 Å². The number of benzene rings is 2. The van der Waals surface area contributed by atoms with E-state index >= 15 is 0 Å². The molecule has 0 aliphatic carbocycles. The number of aromatic hydroxyl groups is 1. The van der Waals surface area contributed by atoms with Gasteiger partial charge in [-0.2, -0.15) is 0 Å².